The minimum Gasteiger partial charge on any atom is -0.490 e. The van der Waals surface area contributed by atoms with Gasteiger partial charge in [0.1, 0.15) is 0 Å². The molecule has 10 heteroatoms. The van der Waals surface area contributed by atoms with E-state index in [0.29, 0.717) is 5.56 Å². The summed E-state index contributed by atoms with van der Waals surface area (Å²) in [6.45, 7) is 1.60. The van der Waals surface area contributed by atoms with Gasteiger partial charge >= 0.3 is 5.69 Å². The average molecular weight is 365 g/mol. The van der Waals surface area contributed by atoms with Crippen LogP contribution in [0.4, 0.5) is 11.4 Å². The van der Waals surface area contributed by atoms with Gasteiger partial charge in [0.15, 0.2) is 5.75 Å². The number of benzene rings is 2. The van der Waals surface area contributed by atoms with Gasteiger partial charge in [0, 0.05) is 6.07 Å². The molecule has 0 aromatic heterocycles. The van der Waals surface area contributed by atoms with Crippen LogP contribution >= 0.6 is 0 Å². The summed E-state index contributed by atoms with van der Waals surface area (Å²) in [6.07, 6.45) is 0. The number of hydrogen-bond acceptors (Lipinski definition) is 6. The first-order chi connectivity index (χ1) is 11.7. The molecule has 0 aliphatic rings. The maximum absolute atomic E-state index is 12.6. The molecule has 0 radical (unpaired) electrons. The number of anilines is 1. The van der Waals surface area contributed by atoms with Crippen molar-refractivity contribution in [3.63, 3.8) is 0 Å². The third-order valence-corrected chi connectivity index (χ3v) is 4.78. The third-order valence-electron chi connectivity index (χ3n) is 3.43. The van der Waals surface area contributed by atoms with Crippen molar-refractivity contribution in [2.75, 3.05) is 11.8 Å². The number of aryl methyl sites for hydroxylation is 1. The Bertz CT molecular complexity index is 956. The van der Waals surface area contributed by atoms with Crippen LogP contribution in [0.1, 0.15) is 15.9 Å². The van der Waals surface area contributed by atoms with Crippen LogP contribution in [0, 0.1) is 17.0 Å². The van der Waals surface area contributed by atoms with Crippen LogP contribution < -0.4 is 15.2 Å². The lowest BCUT2D eigenvalue weighted by atomic mass is 10.1. The van der Waals surface area contributed by atoms with E-state index in [-0.39, 0.29) is 21.9 Å². The number of primary amides is 1. The smallest absolute Gasteiger partial charge is 0.312 e. The van der Waals surface area contributed by atoms with E-state index in [4.69, 9.17) is 10.5 Å². The first kappa shape index (κ1) is 18.2. The van der Waals surface area contributed by atoms with Crippen molar-refractivity contribution in [3.05, 3.63) is 57.6 Å². The van der Waals surface area contributed by atoms with Crippen molar-refractivity contribution in [3.8, 4) is 5.75 Å². The molecule has 0 atom stereocenters. The molecule has 9 nitrogen and oxygen atoms in total. The van der Waals surface area contributed by atoms with Gasteiger partial charge in [0.05, 0.1) is 28.2 Å². The zero-order chi connectivity index (χ0) is 18.8. The summed E-state index contributed by atoms with van der Waals surface area (Å²) in [4.78, 5) is 21.5. The predicted octanol–water partition coefficient (Wildman–Crippen LogP) is 1.81. The van der Waals surface area contributed by atoms with Crippen molar-refractivity contribution >= 4 is 27.3 Å². The molecule has 1 amide bonds. The Labute approximate surface area is 143 Å². The molecule has 0 saturated carbocycles. The fraction of sp³-hybridized carbons (Fsp3) is 0.133. The SMILES string of the molecule is COc1ccc(S(=O)(=O)Nc2c(C)cccc2C(N)=O)cc1[N+](=O)[O-]. The number of nitrogens with two attached hydrogens (primary N) is 1. The van der Waals surface area contributed by atoms with Crippen LogP contribution in [0.5, 0.6) is 5.75 Å². The van der Waals surface area contributed by atoms with Gasteiger partial charge in [0.2, 0.25) is 0 Å². The Hall–Kier alpha value is -3.14. The van der Waals surface area contributed by atoms with Crippen molar-refractivity contribution in [1.29, 1.82) is 0 Å². The number of hydrogen-bond donors (Lipinski definition) is 2. The van der Waals surface area contributed by atoms with Gasteiger partial charge in [-0.1, -0.05) is 12.1 Å². The van der Waals surface area contributed by atoms with E-state index in [2.05, 4.69) is 4.72 Å². The molecule has 2 rings (SSSR count). The van der Waals surface area contributed by atoms with Crippen LogP contribution in [-0.2, 0) is 10.0 Å². The highest BCUT2D eigenvalue weighted by atomic mass is 32.2. The summed E-state index contributed by atoms with van der Waals surface area (Å²) < 4.78 is 32.3. The molecule has 0 saturated heterocycles. The van der Waals surface area contributed by atoms with Crippen molar-refractivity contribution in [1.82, 2.24) is 0 Å². The molecular weight excluding hydrogens is 350 g/mol. The predicted molar refractivity (Wildman–Crippen MR) is 90.2 cm³/mol. The molecule has 0 aliphatic carbocycles. The highest BCUT2D eigenvalue weighted by Gasteiger charge is 2.24. The molecule has 0 spiro atoms. The number of nitrogens with one attached hydrogen (secondary N) is 1. The maximum Gasteiger partial charge on any atom is 0.312 e. The normalized spacial score (nSPS) is 11.0. The second kappa shape index (κ2) is 6.77. The van der Waals surface area contributed by atoms with Crippen molar-refractivity contribution < 1.29 is 22.9 Å². The van der Waals surface area contributed by atoms with E-state index in [0.717, 1.165) is 12.1 Å². The van der Waals surface area contributed by atoms with E-state index in [9.17, 15) is 23.3 Å². The monoisotopic (exact) mass is 365 g/mol. The Morgan fingerprint density at radius 3 is 2.52 bits per heavy atom. The number of nitro groups is 1. The maximum atomic E-state index is 12.6. The Morgan fingerprint density at radius 1 is 1.28 bits per heavy atom. The summed E-state index contributed by atoms with van der Waals surface area (Å²) in [5, 5.41) is 11.1. The van der Waals surface area contributed by atoms with Crippen molar-refractivity contribution in [2.24, 2.45) is 5.73 Å². The third kappa shape index (κ3) is 3.69. The average Bonchev–Trinajstić information content (AvgIpc) is 2.55. The number of carbonyl (C=O) groups is 1. The second-order valence-corrected chi connectivity index (χ2v) is 6.74. The number of para-hydroxylation sites is 1. The van der Waals surface area contributed by atoms with Gasteiger partial charge in [-0.3, -0.25) is 19.6 Å². The summed E-state index contributed by atoms with van der Waals surface area (Å²) in [5.74, 6) is -0.875. The molecular formula is C15H15N3O6S. The van der Waals surface area contributed by atoms with E-state index in [1.807, 2.05) is 0 Å². The Morgan fingerprint density at radius 2 is 1.96 bits per heavy atom. The fourth-order valence-electron chi connectivity index (χ4n) is 2.18. The number of rotatable bonds is 6. The Balaban J connectivity index is 2.53. The van der Waals surface area contributed by atoms with Crippen LogP contribution in [0.25, 0.3) is 0 Å². The molecule has 2 aromatic rings. The second-order valence-electron chi connectivity index (χ2n) is 5.06. The topological polar surface area (TPSA) is 142 Å². The van der Waals surface area contributed by atoms with Gasteiger partial charge in [-0.2, -0.15) is 0 Å². The van der Waals surface area contributed by atoms with Crippen LogP contribution in [0.15, 0.2) is 41.3 Å². The van der Waals surface area contributed by atoms with Crippen LogP contribution in [-0.4, -0.2) is 26.4 Å². The lowest BCUT2D eigenvalue weighted by Crippen LogP contribution is -2.19. The standard InChI is InChI=1S/C15H15N3O6S/c1-9-4-3-5-11(15(16)19)14(9)17-25(22,23)10-6-7-13(24-2)12(8-10)18(20)21/h3-8,17H,1-2H3,(H2,16,19). The Kier molecular flexibility index (Phi) is 4.93. The van der Waals surface area contributed by atoms with E-state index < -0.39 is 26.5 Å². The van der Waals surface area contributed by atoms with Gasteiger partial charge in [-0.15, -0.1) is 0 Å². The lowest BCUT2D eigenvalue weighted by Gasteiger charge is -2.14. The van der Waals surface area contributed by atoms with E-state index >= 15 is 0 Å². The fourth-order valence-corrected chi connectivity index (χ4v) is 3.35. The van der Waals surface area contributed by atoms with Gasteiger partial charge in [0.25, 0.3) is 15.9 Å². The molecule has 25 heavy (non-hydrogen) atoms. The zero-order valence-electron chi connectivity index (χ0n) is 13.3. The van der Waals surface area contributed by atoms with E-state index in [1.165, 1.54) is 19.2 Å². The van der Waals surface area contributed by atoms with Crippen LogP contribution in [0.2, 0.25) is 0 Å². The molecule has 3 N–H and O–H groups in total. The molecule has 0 fully saturated rings. The minimum atomic E-state index is -4.19. The highest BCUT2D eigenvalue weighted by Crippen LogP contribution is 2.31. The molecule has 2 aromatic carbocycles. The molecule has 0 aliphatic heterocycles. The number of methoxy groups -OCH3 is 1. The first-order valence-electron chi connectivity index (χ1n) is 6.92. The minimum absolute atomic E-state index is 0.00779. The van der Waals surface area contributed by atoms with Gasteiger partial charge < -0.3 is 10.5 Å². The number of nitrogens with zero attached hydrogens (tertiary/aromatic N) is 1. The number of nitro benzene ring substituents is 1. The zero-order valence-corrected chi connectivity index (χ0v) is 14.2. The molecule has 132 valence electrons. The summed E-state index contributed by atoms with van der Waals surface area (Å²) in [6, 6.07) is 7.76. The number of amides is 1. The molecule has 0 unspecified atom stereocenters. The summed E-state index contributed by atoms with van der Waals surface area (Å²) in [7, 11) is -2.95. The molecule has 0 bridgehead atoms. The van der Waals surface area contributed by atoms with Gasteiger partial charge in [-0.05, 0) is 30.7 Å². The molecule has 0 heterocycles. The number of carbonyl (C=O) groups excluding carboxylic acids is 1. The summed E-state index contributed by atoms with van der Waals surface area (Å²) in [5.41, 5.74) is 5.26. The lowest BCUT2D eigenvalue weighted by molar-refractivity contribution is -0.386. The quantitative estimate of drug-likeness (QED) is 0.590. The first-order valence-corrected chi connectivity index (χ1v) is 8.40. The van der Waals surface area contributed by atoms with Gasteiger partial charge in [-0.25, -0.2) is 8.42 Å². The van der Waals surface area contributed by atoms with Crippen LogP contribution in [0.3, 0.4) is 0 Å². The largest absolute Gasteiger partial charge is 0.490 e. The number of ether oxygens (including phenoxy) is 1. The number of sulfonamides is 1. The highest BCUT2D eigenvalue weighted by molar-refractivity contribution is 7.92. The summed E-state index contributed by atoms with van der Waals surface area (Å²) >= 11 is 0. The van der Waals surface area contributed by atoms with Crippen molar-refractivity contribution in [2.45, 2.75) is 11.8 Å². The van der Waals surface area contributed by atoms with E-state index in [1.54, 1.807) is 19.1 Å².